The second kappa shape index (κ2) is 13.3. The van der Waals surface area contributed by atoms with Crippen LogP contribution in [0.5, 0.6) is 0 Å². The van der Waals surface area contributed by atoms with Gasteiger partial charge in [0.15, 0.2) is 17.5 Å². The Kier molecular flexibility index (Phi) is 7.64. The Labute approximate surface area is 327 Å². The maximum Gasteiger partial charge on any atom is 0.164 e. The van der Waals surface area contributed by atoms with E-state index in [1.165, 1.54) is 31.3 Å². The Bertz CT molecular complexity index is 3200. The van der Waals surface area contributed by atoms with Crippen molar-refractivity contribution in [3.63, 3.8) is 0 Å². The minimum atomic E-state index is 0.620. The van der Waals surface area contributed by atoms with Gasteiger partial charge in [-0.1, -0.05) is 146 Å². The molecule has 0 saturated carbocycles. The smallest absolute Gasteiger partial charge is 0.164 e. The van der Waals surface area contributed by atoms with E-state index in [-0.39, 0.29) is 0 Å². The predicted molar refractivity (Wildman–Crippen MR) is 233 cm³/mol. The quantitative estimate of drug-likeness (QED) is 0.171. The van der Waals surface area contributed by atoms with Crippen molar-refractivity contribution < 1.29 is 4.42 Å². The zero-order chi connectivity index (χ0) is 37.0. The summed E-state index contributed by atoms with van der Waals surface area (Å²) in [6, 6.07) is 65.7. The fourth-order valence-corrected chi connectivity index (χ4v) is 8.92. The average Bonchev–Trinajstić information content (AvgIpc) is 3.85. The van der Waals surface area contributed by atoms with Crippen LogP contribution in [-0.4, -0.2) is 15.0 Å². The zero-order valence-corrected chi connectivity index (χ0v) is 30.9. The molecule has 262 valence electrons. The van der Waals surface area contributed by atoms with E-state index in [1.54, 1.807) is 0 Å². The van der Waals surface area contributed by atoms with E-state index in [0.717, 1.165) is 60.9 Å². The van der Waals surface area contributed by atoms with Crippen LogP contribution in [0.4, 0.5) is 0 Å². The molecule has 0 fully saturated rings. The Hall–Kier alpha value is -7.21. The summed E-state index contributed by atoms with van der Waals surface area (Å²) < 4.78 is 9.37. The van der Waals surface area contributed by atoms with Gasteiger partial charge >= 0.3 is 0 Å². The van der Waals surface area contributed by atoms with Crippen LogP contribution in [-0.2, 0) is 0 Å². The number of nitrogens with zero attached hydrogens (tertiary/aromatic N) is 3. The van der Waals surface area contributed by atoms with E-state index < -0.39 is 0 Å². The third-order valence-electron chi connectivity index (χ3n) is 10.5. The lowest BCUT2D eigenvalue weighted by atomic mass is 9.92. The second-order valence-electron chi connectivity index (χ2n) is 14.0. The van der Waals surface area contributed by atoms with Gasteiger partial charge in [0, 0.05) is 53.2 Å². The summed E-state index contributed by atoms with van der Waals surface area (Å²) in [5, 5.41) is 4.76. The largest absolute Gasteiger partial charge is 0.455 e. The van der Waals surface area contributed by atoms with Crippen LogP contribution in [0.25, 0.3) is 110 Å². The highest BCUT2D eigenvalue weighted by Crippen LogP contribution is 2.43. The number of rotatable bonds is 6. The summed E-state index contributed by atoms with van der Waals surface area (Å²) in [6.45, 7) is 0. The first-order chi connectivity index (χ1) is 27.7. The monoisotopic (exact) mass is 733 g/mol. The van der Waals surface area contributed by atoms with E-state index in [9.17, 15) is 0 Å². The second-order valence-corrected chi connectivity index (χ2v) is 15.1. The first-order valence-corrected chi connectivity index (χ1v) is 19.5. The molecule has 0 bridgehead atoms. The molecule has 4 nitrogen and oxygen atoms in total. The van der Waals surface area contributed by atoms with Gasteiger partial charge in [0.2, 0.25) is 0 Å². The molecule has 0 aliphatic rings. The van der Waals surface area contributed by atoms with Crippen molar-refractivity contribution >= 4 is 53.4 Å². The van der Waals surface area contributed by atoms with Crippen LogP contribution < -0.4 is 0 Å². The van der Waals surface area contributed by atoms with Crippen molar-refractivity contribution in [3.05, 3.63) is 188 Å². The zero-order valence-electron chi connectivity index (χ0n) is 30.1. The number of thiophene rings is 1. The van der Waals surface area contributed by atoms with Crippen LogP contribution in [0, 0.1) is 0 Å². The Morgan fingerprint density at radius 1 is 0.339 bits per heavy atom. The molecule has 0 N–H and O–H groups in total. The van der Waals surface area contributed by atoms with Gasteiger partial charge < -0.3 is 4.42 Å². The number of para-hydroxylation sites is 1. The number of hydrogen-bond donors (Lipinski definition) is 0. The fourth-order valence-electron chi connectivity index (χ4n) is 7.83. The first kappa shape index (κ1) is 32.2. The fraction of sp³-hybridized carbons (Fsp3) is 0. The van der Waals surface area contributed by atoms with Gasteiger partial charge in [0.1, 0.15) is 11.2 Å². The van der Waals surface area contributed by atoms with Crippen LogP contribution in [0.2, 0.25) is 0 Å². The molecule has 11 rings (SSSR count). The number of furan rings is 1. The predicted octanol–water partition coefficient (Wildman–Crippen LogP) is 14.1. The number of hydrogen-bond acceptors (Lipinski definition) is 5. The number of aromatic nitrogens is 3. The van der Waals surface area contributed by atoms with Gasteiger partial charge in [-0.3, -0.25) is 0 Å². The summed E-state index contributed by atoms with van der Waals surface area (Å²) in [6.07, 6.45) is 0. The van der Waals surface area contributed by atoms with E-state index in [0.29, 0.717) is 17.5 Å². The molecule has 0 aliphatic carbocycles. The lowest BCUT2D eigenvalue weighted by molar-refractivity contribution is 0.670. The summed E-state index contributed by atoms with van der Waals surface area (Å²) in [7, 11) is 0. The molecule has 0 spiro atoms. The molecule has 0 atom stereocenters. The normalized spacial score (nSPS) is 11.6. The molecule has 0 unspecified atom stereocenters. The molecule has 11 aromatic rings. The van der Waals surface area contributed by atoms with E-state index in [1.807, 2.05) is 78.1 Å². The molecule has 3 aromatic heterocycles. The van der Waals surface area contributed by atoms with Crippen LogP contribution in [0.1, 0.15) is 0 Å². The minimum Gasteiger partial charge on any atom is -0.455 e. The SMILES string of the molecule is c1ccc(-c2nc(-c3ccccc3)nc(-c3cccc(-c4ccc(-c5cccc(-c6ccc7sc8ccccc8c7c6)c5)c5oc6ccccc6c45)c3)n2)cc1. The summed E-state index contributed by atoms with van der Waals surface area (Å²) in [4.78, 5) is 14.9. The third-order valence-corrected chi connectivity index (χ3v) is 11.7. The van der Waals surface area contributed by atoms with Crippen molar-refractivity contribution in [3.8, 4) is 67.5 Å². The van der Waals surface area contributed by atoms with Crippen molar-refractivity contribution in [2.45, 2.75) is 0 Å². The van der Waals surface area contributed by atoms with Gasteiger partial charge in [-0.05, 0) is 70.3 Å². The molecule has 5 heteroatoms. The van der Waals surface area contributed by atoms with Gasteiger partial charge in [-0.2, -0.15) is 0 Å². The highest BCUT2D eigenvalue weighted by molar-refractivity contribution is 7.25. The Morgan fingerprint density at radius 2 is 0.857 bits per heavy atom. The van der Waals surface area contributed by atoms with E-state index in [2.05, 4.69) is 121 Å². The van der Waals surface area contributed by atoms with Gasteiger partial charge in [0.25, 0.3) is 0 Å². The Morgan fingerprint density at radius 3 is 1.61 bits per heavy atom. The molecule has 8 aromatic carbocycles. The molecule has 0 radical (unpaired) electrons. The molecule has 56 heavy (non-hydrogen) atoms. The topological polar surface area (TPSA) is 51.8 Å². The highest BCUT2D eigenvalue weighted by atomic mass is 32.1. The van der Waals surface area contributed by atoms with Gasteiger partial charge in [0.05, 0.1) is 0 Å². The van der Waals surface area contributed by atoms with E-state index in [4.69, 9.17) is 19.4 Å². The van der Waals surface area contributed by atoms with Crippen LogP contribution in [0.3, 0.4) is 0 Å². The van der Waals surface area contributed by atoms with Crippen molar-refractivity contribution in [2.75, 3.05) is 0 Å². The van der Waals surface area contributed by atoms with Gasteiger partial charge in [-0.15, -0.1) is 11.3 Å². The van der Waals surface area contributed by atoms with Crippen molar-refractivity contribution in [2.24, 2.45) is 0 Å². The van der Waals surface area contributed by atoms with Crippen molar-refractivity contribution in [1.82, 2.24) is 15.0 Å². The van der Waals surface area contributed by atoms with Crippen LogP contribution in [0.15, 0.2) is 192 Å². The van der Waals surface area contributed by atoms with E-state index >= 15 is 0 Å². The lowest BCUT2D eigenvalue weighted by Gasteiger charge is -2.12. The lowest BCUT2D eigenvalue weighted by Crippen LogP contribution is -2.00. The summed E-state index contributed by atoms with van der Waals surface area (Å²) in [5.41, 5.74) is 11.2. The maximum atomic E-state index is 6.75. The summed E-state index contributed by atoms with van der Waals surface area (Å²) >= 11 is 1.84. The maximum absolute atomic E-state index is 6.75. The molecule has 0 amide bonds. The average molecular weight is 734 g/mol. The first-order valence-electron chi connectivity index (χ1n) is 18.7. The number of benzene rings is 8. The third kappa shape index (κ3) is 5.56. The molecule has 3 heterocycles. The summed E-state index contributed by atoms with van der Waals surface area (Å²) in [5.74, 6) is 1.89. The van der Waals surface area contributed by atoms with Crippen molar-refractivity contribution in [1.29, 1.82) is 0 Å². The minimum absolute atomic E-state index is 0.620. The number of fused-ring (bicyclic) bond motifs is 6. The van der Waals surface area contributed by atoms with Crippen LogP contribution >= 0.6 is 11.3 Å². The molecular weight excluding hydrogens is 703 g/mol. The molecule has 0 aliphatic heterocycles. The molecular formula is C51H31N3OS. The van der Waals surface area contributed by atoms with Gasteiger partial charge in [-0.25, -0.2) is 15.0 Å². The molecule has 0 saturated heterocycles. The standard InChI is InChI=1S/C51H31N3OS/c1-3-13-32(14-4-1)49-52-50(33-15-5-2-6-16-33)54-51(53-49)38-20-12-18-36(30-38)39-26-27-40(48-47(39)42-22-7-9-23-44(42)55-48)37-19-11-17-34(29-37)35-25-28-46-43(31-35)41-21-8-10-24-45(41)56-46/h1-31H. The highest BCUT2D eigenvalue weighted by Gasteiger charge is 2.19. The Balaban J connectivity index is 1.04.